The minimum absolute atomic E-state index is 0.0537. The Bertz CT molecular complexity index is 1360. The lowest BCUT2D eigenvalue weighted by Gasteiger charge is -2.18. The molecule has 0 fully saturated rings. The molecular weight excluding hydrogens is 446 g/mol. The Morgan fingerprint density at radius 3 is 2.79 bits per heavy atom. The number of carbonyl (C=O) groups excluding carboxylic acids is 1. The Morgan fingerprint density at radius 1 is 1.24 bits per heavy atom. The van der Waals surface area contributed by atoms with Crippen molar-refractivity contribution in [3.8, 4) is 28.8 Å². The molecule has 0 aliphatic carbocycles. The molecule has 4 rings (SSSR count). The molecule has 0 aliphatic heterocycles. The van der Waals surface area contributed by atoms with Crippen LogP contribution in [0.4, 0.5) is 0 Å². The number of benzene rings is 1. The van der Waals surface area contributed by atoms with Crippen LogP contribution >= 0.6 is 0 Å². The molecule has 176 valence electrons. The fourth-order valence-corrected chi connectivity index (χ4v) is 3.40. The van der Waals surface area contributed by atoms with Gasteiger partial charge in [-0.2, -0.15) is 4.98 Å². The zero-order valence-corrected chi connectivity index (χ0v) is 18.3. The third kappa shape index (κ3) is 4.77. The number of aromatic nitrogens is 2. The molecule has 1 aromatic carbocycles. The first-order valence-corrected chi connectivity index (χ1v) is 10.2. The molecule has 0 aliphatic rings. The fraction of sp³-hybridized carbons (Fsp3) is 0.217. The van der Waals surface area contributed by atoms with E-state index < -0.39 is 23.0 Å². The highest BCUT2D eigenvalue weighted by Crippen LogP contribution is 2.37. The van der Waals surface area contributed by atoms with Gasteiger partial charge in [0.25, 0.3) is 0 Å². The van der Waals surface area contributed by atoms with E-state index in [9.17, 15) is 19.8 Å². The summed E-state index contributed by atoms with van der Waals surface area (Å²) in [6.45, 7) is 1.51. The standard InChI is InChI=1S/C23H21N3O8/c1-12-8-16(28)21(30)22(33-12)14(13-5-6-15(27)18(9-13)31-2)10-19(29)24-11-20-25-23(26-34-20)17-4-3-7-32-17/h3-9,14,27,30H,10-11H2,1-2H3,(H,24,29). The number of phenols is 1. The molecule has 3 N–H and O–H groups in total. The lowest BCUT2D eigenvalue weighted by atomic mass is 9.91. The average Bonchev–Trinajstić information content (AvgIpc) is 3.51. The van der Waals surface area contributed by atoms with Crippen LogP contribution in [0.1, 0.15) is 35.3 Å². The molecule has 0 spiro atoms. The fourth-order valence-electron chi connectivity index (χ4n) is 3.40. The van der Waals surface area contributed by atoms with Crippen molar-refractivity contribution in [2.45, 2.75) is 25.8 Å². The van der Waals surface area contributed by atoms with Gasteiger partial charge in [-0.25, -0.2) is 0 Å². The zero-order chi connectivity index (χ0) is 24.2. The lowest BCUT2D eigenvalue weighted by molar-refractivity contribution is -0.121. The summed E-state index contributed by atoms with van der Waals surface area (Å²) in [6, 6.07) is 8.95. The van der Waals surface area contributed by atoms with Crippen molar-refractivity contribution in [1.29, 1.82) is 0 Å². The molecule has 11 heteroatoms. The summed E-state index contributed by atoms with van der Waals surface area (Å²) in [7, 11) is 1.38. The number of amides is 1. The number of aromatic hydroxyl groups is 2. The largest absolute Gasteiger partial charge is 0.504 e. The third-order valence-corrected chi connectivity index (χ3v) is 5.03. The Labute approximate surface area is 192 Å². The smallest absolute Gasteiger partial charge is 0.246 e. The number of rotatable bonds is 8. The molecule has 0 radical (unpaired) electrons. The van der Waals surface area contributed by atoms with Crippen LogP contribution < -0.4 is 15.5 Å². The van der Waals surface area contributed by atoms with Crippen molar-refractivity contribution in [3.05, 3.63) is 75.9 Å². The van der Waals surface area contributed by atoms with E-state index in [-0.39, 0.29) is 47.7 Å². The van der Waals surface area contributed by atoms with E-state index >= 15 is 0 Å². The summed E-state index contributed by atoms with van der Waals surface area (Å²) in [4.78, 5) is 29.1. The normalized spacial score (nSPS) is 11.8. The van der Waals surface area contributed by atoms with Crippen molar-refractivity contribution >= 4 is 5.91 Å². The van der Waals surface area contributed by atoms with Gasteiger partial charge in [0.15, 0.2) is 23.0 Å². The maximum atomic E-state index is 12.8. The number of aryl methyl sites for hydroxylation is 1. The Morgan fingerprint density at radius 2 is 2.06 bits per heavy atom. The highest BCUT2D eigenvalue weighted by atomic mass is 16.5. The Balaban J connectivity index is 1.57. The quantitative estimate of drug-likeness (QED) is 0.351. The zero-order valence-electron chi connectivity index (χ0n) is 18.3. The number of hydrogen-bond donors (Lipinski definition) is 3. The van der Waals surface area contributed by atoms with Crippen LogP contribution in [-0.4, -0.2) is 33.4 Å². The molecule has 0 saturated heterocycles. The van der Waals surface area contributed by atoms with Crippen molar-refractivity contribution in [2.24, 2.45) is 0 Å². The van der Waals surface area contributed by atoms with Crippen LogP contribution in [-0.2, 0) is 11.3 Å². The van der Waals surface area contributed by atoms with Gasteiger partial charge < -0.3 is 33.6 Å². The van der Waals surface area contributed by atoms with Gasteiger partial charge in [0, 0.05) is 12.5 Å². The van der Waals surface area contributed by atoms with Crippen LogP contribution in [0.25, 0.3) is 11.6 Å². The van der Waals surface area contributed by atoms with Crippen LogP contribution in [0.5, 0.6) is 17.2 Å². The monoisotopic (exact) mass is 467 g/mol. The highest BCUT2D eigenvalue weighted by Gasteiger charge is 2.27. The minimum Gasteiger partial charge on any atom is -0.504 e. The molecule has 34 heavy (non-hydrogen) atoms. The topological polar surface area (TPSA) is 161 Å². The molecule has 11 nitrogen and oxygen atoms in total. The van der Waals surface area contributed by atoms with Gasteiger partial charge in [-0.3, -0.25) is 9.59 Å². The molecule has 1 amide bonds. The summed E-state index contributed by atoms with van der Waals surface area (Å²) in [6.07, 6.45) is 1.28. The first kappa shape index (κ1) is 22.6. The number of carbonyl (C=O) groups is 1. The molecular formula is C23H21N3O8. The van der Waals surface area contributed by atoms with Crippen molar-refractivity contribution in [1.82, 2.24) is 15.5 Å². The average molecular weight is 467 g/mol. The second kappa shape index (κ2) is 9.53. The van der Waals surface area contributed by atoms with Gasteiger partial charge in [0.1, 0.15) is 5.76 Å². The molecule has 4 aromatic rings. The van der Waals surface area contributed by atoms with Crippen LogP contribution in [0.2, 0.25) is 0 Å². The molecule has 1 atom stereocenters. The first-order chi connectivity index (χ1) is 16.4. The van der Waals surface area contributed by atoms with E-state index in [0.29, 0.717) is 11.3 Å². The molecule has 0 bridgehead atoms. The van der Waals surface area contributed by atoms with Crippen molar-refractivity contribution < 1.29 is 33.1 Å². The third-order valence-electron chi connectivity index (χ3n) is 5.03. The SMILES string of the molecule is COc1cc(C(CC(=O)NCc2nc(-c3ccco3)no2)c2oc(C)cc(=O)c2O)ccc1O. The maximum absolute atomic E-state index is 12.8. The van der Waals surface area contributed by atoms with Gasteiger partial charge in [-0.15, -0.1) is 0 Å². The summed E-state index contributed by atoms with van der Waals surface area (Å²) < 4.78 is 21.1. The second-order valence-corrected chi connectivity index (χ2v) is 7.39. The summed E-state index contributed by atoms with van der Waals surface area (Å²) >= 11 is 0. The predicted octanol–water partition coefficient (Wildman–Crippen LogP) is 2.85. The van der Waals surface area contributed by atoms with Crippen LogP contribution in [0, 0.1) is 6.92 Å². The van der Waals surface area contributed by atoms with E-state index in [4.69, 9.17) is 18.1 Å². The molecule has 3 heterocycles. The molecule has 1 unspecified atom stereocenters. The van der Waals surface area contributed by atoms with E-state index in [1.54, 1.807) is 25.1 Å². The van der Waals surface area contributed by atoms with E-state index in [2.05, 4.69) is 15.5 Å². The lowest BCUT2D eigenvalue weighted by Crippen LogP contribution is -2.25. The van der Waals surface area contributed by atoms with Gasteiger partial charge in [-0.05, 0) is 36.8 Å². The predicted molar refractivity (Wildman–Crippen MR) is 116 cm³/mol. The number of nitrogens with zero attached hydrogens (tertiary/aromatic N) is 2. The van der Waals surface area contributed by atoms with Crippen molar-refractivity contribution in [2.75, 3.05) is 7.11 Å². The highest BCUT2D eigenvalue weighted by molar-refractivity contribution is 5.77. The number of nitrogens with one attached hydrogen (secondary N) is 1. The summed E-state index contributed by atoms with van der Waals surface area (Å²) in [5, 5.41) is 26.8. The number of hydrogen-bond acceptors (Lipinski definition) is 10. The van der Waals surface area contributed by atoms with Gasteiger partial charge >= 0.3 is 0 Å². The number of methoxy groups -OCH3 is 1. The number of phenolic OH excluding ortho intramolecular Hbond substituents is 1. The number of furan rings is 1. The van der Waals surface area contributed by atoms with Gasteiger partial charge in [0.2, 0.25) is 28.8 Å². The maximum Gasteiger partial charge on any atom is 0.246 e. The first-order valence-electron chi connectivity index (χ1n) is 10.2. The van der Waals surface area contributed by atoms with E-state index in [1.165, 1.54) is 25.5 Å². The molecule has 0 saturated carbocycles. The van der Waals surface area contributed by atoms with Crippen molar-refractivity contribution in [3.63, 3.8) is 0 Å². The van der Waals surface area contributed by atoms with Gasteiger partial charge in [-0.1, -0.05) is 11.2 Å². The molecule has 3 aromatic heterocycles. The second-order valence-electron chi connectivity index (χ2n) is 7.39. The minimum atomic E-state index is -0.858. The van der Waals surface area contributed by atoms with E-state index in [0.717, 1.165) is 6.07 Å². The Kier molecular flexibility index (Phi) is 6.35. The van der Waals surface area contributed by atoms with Gasteiger partial charge in [0.05, 0.1) is 25.8 Å². The Hall–Kier alpha value is -4.54. The van der Waals surface area contributed by atoms with Crippen LogP contribution in [0.3, 0.4) is 0 Å². The van der Waals surface area contributed by atoms with Crippen LogP contribution in [0.15, 0.2) is 60.8 Å². The van der Waals surface area contributed by atoms with E-state index in [1.807, 2.05) is 0 Å². The number of ether oxygens (including phenoxy) is 1. The summed E-state index contributed by atoms with van der Waals surface area (Å²) in [5.41, 5.74) is -0.155. The summed E-state index contributed by atoms with van der Waals surface area (Å²) in [5.74, 6) is -0.829.